The molecule has 0 spiro atoms. The highest BCUT2D eigenvalue weighted by Crippen LogP contribution is 2.25. The molecule has 0 aromatic carbocycles. The fraction of sp³-hybridized carbons (Fsp3) is 0.875. The summed E-state index contributed by atoms with van der Waals surface area (Å²) in [6.07, 6.45) is 19.0. The number of halogens is 1. The van der Waals surface area contributed by atoms with Crippen LogP contribution < -0.4 is 5.90 Å². The van der Waals surface area contributed by atoms with Crippen molar-refractivity contribution in [2.75, 3.05) is 0 Å². The topological polar surface area (TPSA) is 128 Å². The van der Waals surface area contributed by atoms with E-state index in [1.54, 1.807) is 6.92 Å². The Morgan fingerprint density at radius 1 is 0.594 bits per heavy atom. The molecule has 0 amide bonds. The maximum absolute atomic E-state index is 10.8. The van der Waals surface area contributed by atoms with Crippen LogP contribution in [-0.2, 0) is 4.79 Å². The molecule has 0 bridgehead atoms. The molecule has 3 fully saturated rings. The van der Waals surface area contributed by atoms with Crippen molar-refractivity contribution in [1.82, 2.24) is 0 Å². The third-order valence-electron chi connectivity index (χ3n) is 6.89. The van der Waals surface area contributed by atoms with Crippen molar-refractivity contribution in [3.63, 3.8) is 0 Å². The van der Waals surface area contributed by atoms with Gasteiger partial charge in [-0.15, -0.1) is 12.4 Å². The molecule has 5 N–H and O–H groups in total. The van der Waals surface area contributed by atoms with Gasteiger partial charge in [-0.1, -0.05) is 68.1 Å². The average Bonchev–Trinajstić information content (AvgIpc) is 2.86. The van der Waals surface area contributed by atoms with Crippen molar-refractivity contribution in [3.05, 3.63) is 0 Å². The lowest BCUT2D eigenvalue weighted by Gasteiger charge is -2.19. The lowest BCUT2D eigenvalue weighted by molar-refractivity contribution is -0.121. The molecule has 3 saturated carbocycles. The van der Waals surface area contributed by atoms with E-state index in [9.17, 15) is 4.79 Å². The van der Waals surface area contributed by atoms with Crippen molar-refractivity contribution < 1.29 is 20.4 Å². The zero-order chi connectivity index (χ0) is 23.5. The van der Waals surface area contributed by atoms with E-state index >= 15 is 0 Å². The third-order valence-corrected chi connectivity index (χ3v) is 6.89. The van der Waals surface area contributed by atoms with Gasteiger partial charge < -0.3 is 15.6 Å². The standard InChI is InChI=1S/2C8H15NO.C8H14O.ClH.H3NO/c2*1-7(9-10)8-5-3-2-4-6-8;1-7(9)8-5-3-2-4-6-8;;1-2/h2*8,10H,2-6H2,1H3;8H,2-6H2,1H3;1H;2H,1H2/b9-7+;9-7-;;;. The molecule has 0 aliphatic heterocycles. The van der Waals surface area contributed by atoms with Crippen molar-refractivity contribution in [2.45, 2.75) is 117 Å². The van der Waals surface area contributed by atoms with Crippen LogP contribution in [0.4, 0.5) is 0 Å². The summed E-state index contributed by atoms with van der Waals surface area (Å²) in [5, 5.41) is 29.9. The minimum absolute atomic E-state index is 0. The number of hydrogen-bond acceptors (Lipinski definition) is 7. The first-order valence-electron chi connectivity index (χ1n) is 12.1. The lowest BCUT2D eigenvalue weighted by Crippen LogP contribution is -2.14. The molecule has 0 unspecified atom stereocenters. The number of carbonyl (C=O) groups is 1. The van der Waals surface area contributed by atoms with Crippen LogP contribution in [0.25, 0.3) is 0 Å². The second kappa shape index (κ2) is 21.7. The Hall–Kier alpha value is -1.18. The van der Waals surface area contributed by atoms with Crippen LogP contribution >= 0.6 is 12.4 Å². The van der Waals surface area contributed by atoms with Gasteiger partial charge in [0.1, 0.15) is 5.78 Å². The third kappa shape index (κ3) is 14.8. The summed E-state index contributed by atoms with van der Waals surface area (Å²) in [6, 6.07) is 0. The molecule has 3 aliphatic rings. The van der Waals surface area contributed by atoms with E-state index in [1.165, 1.54) is 83.5 Å². The summed E-state index contributed by atoms with van der Waals surface area (Å²) in [4.78, 5) is 10.8. The monoisotopic (exact) mass is 477 g/mol. The number of nitrogens with zero attached hydrogens (tertiary/aromatic N) is 2. The van der Waals surface area contributed by atoms with Crippen LogP contribution in [-0.4, -0.2) is 32.8 Å². The van der Waals surface area contributed by atoms with Crippen LogP contribution in [0.3, 0.4) is 0 Å². The van der Waals surface area contributed by atoms with Gasteiger partial charge in [0.25, 0.3) is 0 Å². The number of ketones is 1. The first kappa shape index (κ1) is 33.0. The molecular weight excluding hydrogens is 430 g/mol. The Morgan fingerprint density at radius 3 is 1.03 bits per heavy atom. The highest BCUT2D eigenvalue weighted by atomic mass is 35.5. The molecule has 0 heterocycles. The fourth-order valence-electron chi connectivity index (χ4n) is 4.71. The van der Waals surface area contributed by atoms with Gasteiger partial charge in [-0.05, 0) is 59.3 Å². The average molecular weight is 478 g/mol. The van der Waals surface area contributed by atoms with E-state index in [0.29, 0.717) is 23.5 Å². The SMILES string of the molecule is C/C(=N/O)C1CCCCC1.C/C(=N\O)C1CCCCC1.CC(=O)C1CCCCC1.Cl.NO. The van der Waals surface area contributed by atoms with Gasteiger partial charge in [-0.3, -0.25) is 4.79 Å². The van der Waals surface area contributed by atoms with Gasteiger partial charge >= 0.3 is 0 Å². The number of nitrogens with two attached hydrogens (primary N) is 1. The van der Waals surface area contributed by atoms with Crippen LogP contribution in [0.2, 0.25) is 0 Å². The van der Waals surface area contributed by atoms with E-state index in [-0.39, 0.29) is 12.4 Å². The van der Waals surface area contributed by atoms with E-state index in [0.717, 1.165) is 24.3 Å². The van der Waals surface area contributed by atoms with Crippen molar-refractivity contribution in [3.8, 4) is 0 Å². The molecule has 0 atom stereocenters. The summed E-state index contributed by atoms with van der Waals surface area (Å²) in [5.74, 6) is 5.45. The van der Waals surface area contributed by atoms with Crippen molar-refractivity contribution in [2.24, 2.45) is 34.0 Å². The van der Waals surface area contributed by atoms with E-state index in [2.05, 4.69) is 16.2 Å². The Kier molecular flexibility index (Phi) is 22.3. The van der Waals surface area contributed by atoms with Gasteiger partial charge in [0.2, 0.25) is 0 Å². The minimum atomic E-state index is 0. The second-order valence-electron chi connectivity index (χ2n) is 9.10. The minimum Gasteiger partial charge on any atom is -0.411 e. The first-order valence-corrected chi connectivity index (χ1v) is 12.1. The second-order valence-corrected chi connectivity index (χ2v) is 9.10. The van der Waals surface area contributed by atoms with Gasteiger partial charge in [0, 0.05) is 17.8 Å². The lowest BCUT2D eigenvalue weighted by atomic mass is 9.86. The smallest absolute Gasteiger partial charge is 0.132 e. The van der Waals surface area contributed by atoms with E-state index < -0.39 is 0 Å². The van der Waals surface area contributed by atoms with Crippen molar-refractivity contribution in [1.29, 1.82) is 0 Å². The van der Waals surface area contributed by atoms with E-state index in [4.69, 9.17) is 15.6 Å². The number of rotatable bonds is 3. The zero-order valence-corrected chi connectivity index (χ0v) is 21.3. The van der Waals surface area contributed by atoms with Gasteiger partial charge in [0.05, 0.1) is 11.4 Å². The molecule has 3 rings (SSSR count). The highest BCUT2D eigenvalue weighted by molar-refractivity contribution is 5.85. The number of hydrogen-bond donors (Lipinski definition) is 4. The van der Waals surface area contributed by atoms with Crippen LogP contribution in [0.5, 0.6) is 0 Å². The highest BCUT2D eigenvalue weighted by Gasteiger charge is 2.17. The summed E-state index contributed by atoms with van der Waals surface area (Å²) in [6.45, 7) is 5.54. The van der Waals surface area contributed by atoms with E-state index in [1.807, 2.05) is 13.8 Å². The normalized spacial score (nSPS) is 20.8. The van der Waals surface area contributed by atoms with Gasteiger partial charge in [-0.25, -0.2) is 5.90 Å². The fourth-order valence-corrected chi connectivity index (χ4v) is 4.71. The molecular formula is C24H48ClN3O4. The molecule has 0 aromatic heterocycles. The zero-order valence-electron chi connectivity index (χ0n) is 20.5. The Bertz CT molecular complexity index is 479. The molecule has 7 nitrogen and oxygen atoms in total. The maximum Gasteiger partial charge on any atom is 0.132 e. The van der Waals surface area contributed by atoms with Gasteiger partial charge in [-0.2, -0.15) is 0 Å². The summed E-state index contributed by atoms with van der Waals surface area (Å²) < 4.78 is 0. The summed E-state index contributed by atoms with van der Waals surface area (Å²) in [7, 11) is 0. The number of carbonyl (C=O) groups excluding carboxylic acids is 1. The number of oxime groups is 2. The molecule has 0 saturated heterocycles. The summed E-state index contributed by atoms with van der Waals surface area (Å²) >= 11 is 0. The Labute approximate surface area is 201 Å². The summed E-state index contributed by atoms with van der Waals surface area (Å²) in [5.41, 5.74) is 1.83. The molecule has 3 aliphatic carbocycles. The first-order chi connectivity index (χ1) is 15.0. The quantitative estimate of drug-likeness (QED) is 0.203. The predicted octanol–water partition coefficient (Wildman–Crippen LogP) is 6.75. The number of Topliss-reactive ketones (excluding diaryl/α,β-unsaturated/α-hetero) is 1. The molecule has 8 heteroatoms. The molecule has 0 aromatic rings. The van der Waals surface area contributed by atoms with Crippen LogP contribution in [0, 0.1) is 17.8 Å². The molecule has 32 heavy (non-hydrogen) atoms. The Balaban J connectivity index is 0. The van der Waals surface area contributed by atoms with Crippen LogP contribution in [0.1, 0.15) is 117 Å². The maximum atomic E-state index is 10.8. The molecule has 0 radical (unpaired) electrons. The Morgan fingerprint density at radius 2 is 0.844 bits per heavy atom. The van der Waals surface area contributed by atoms with Crippen molar-refractivity contribution >= 4 is 29.6 Å². The molecule has 190 valence electrons. The van der Waals surface area contributed by atoms with Crippen LogP contribution in [0.15, 0.2) is 10.3 Å². The van der Waals surface area contributed by atoms with Gasteiger partial charge in [0.15, 0.2) is 0 Å². The predicted molar refractivity (Wildman–Crippen MR) is 133 cm³/mol. The largest absolute Gasteiger partial charge is 0.411 e.